The van der Waals surface area contributed by atoms with Gasteiger partial charge in [0.25, 0.3) is 0 Å². The quantitative estimate of drug-likeness (QED) is 0.746. The first kappa shape index (κ1) is 13.4. The molecule has 0 aliphatic carbocycles. The van der Waals surface area contributed by atoms with Crippen molar-refractivity contribution in [3.05, 3.63) is 23.8 Å². The number of hydrogen-bond donors (Lipinski definition) is 3. The predicted molar refractivity (Wildman–Crippen MR) is 72.4 cm³/mol. The number of carbonyl (C=O) groups is 3. The number of rotatable bonds is 5. The van der Waals surface area contributed by atoms with Gasteiger partial charge in [-0.1, -0.05) is 0 Å². The normalized spacial score (nSPS) is 12.7. The second-order valence-electron chi connectivity index (χ2n) is 4.03. The van der Waals surface area contributed by atoms with E-state index < -0.39 is 5.97 Å². The molecule has 19 heavy (non-hydrogen) atoms. The summed E-state index contributed by atoms with van der Waals surface area (Å²) in [4.78, 5) is 33.0. The van der Waals surface area contributed by atoms with Crippen molar-refractivity contribution in [3.8, 4) is 0 Å². The molecule has 0 fully saturated rings. The summed E-state index contributed by atoms with van der Waals surface area (Å²) in [7, 11) is 0. The summed E-state index contributed by atoms with van der Waals surface area (Å²) in [6, 6.07) is 5.18. The van der Waals surface area contributed by atoms with Crippen LogP contribution in [0.2, 0.25) is 0 Å². The van der Waals surface area contributed by atoms with E-state index in [0.29, 0.717) is 12.1 Å². The van der Waals surface area contributed by atoms with Crippen molar-refractivity contribution < 1.29 is 19.5 Å². The molecule has 0 saturated carbocycles. The molecular weight excluding hydrogens is 268 g/mol. The Hall–Kier alpha value is -2.02. The van der Waals surface area contributed by atoms with E-state index in [4.69, 9.17) is 5.11 Å². The number of benzene rings is 1. The minimum atomic E-state index is -0.945. The third kappa shape index (κ3) is 3.72. The number of carboxylic acids is 1. The summed E-state index contributed by atoms with van der Waals surface area (Å²) in [5.41, 5.74) is 2.22. The molecule has 1 aliphatic rings. The molecule has 0 aromatic heterocycles. The molecule has 1 aromatic carbocycles. The van der Waals surface area contributed by atoms with Gasteiger partial charge in [0.2, 0.25) is 11.8 Å². The van der Waals surface area contributed by atoms with Gasteiger partial charge in [0.1, 0.15) is 0 Å². The van der Waals surface area contributed by atoms with Crippen LogP contribution in [-0.4, -0.2) is 34.4 Å². The van der Waals surface area contributed by atoms with E-state index in [0.717, 1.165) is 23.0 Å². The Bertz CT molecular complexity index is 545. The molecule has 0 saturated heterocycles. The largest absolute Gasteiger partial charge is 0.481 e. The molecule has 0 atom stereocenters. The van der Waals surface area contributed by atoms with Gasteiger partial charge < -0.3 is 15.7 Å². The number of fused-ring (bicyclic) bond motifs is 1. The lowest BCUT2D eigenvalue weighted by atomic mass is 10.1. The maximum Gasteiger partial charge on any atom is 0.313 e. The molecule has 0 radical (unpaired) electrons. The van der Waals surface area contributed by atoms with Gasteiger partial charge in [-0.05, 0) is 23.8 Å². The van der Waals surface area contributed by atoms with Crippen LogP contribution in [0.15, 0.2) is 18.2 Å². The van der Waals surface area contributed by atoms with Crippen molar-refractivity contribution in [1.29, 1.82) is 0 Å². The molecule has 6 nitrogen and oxygen atoms in total. The van der Waals surface area contributed by atoms with Crippen LogP contribution in [0.5, 0.6) is 0 Å². The van der Waals surface area contributed by atoms with Crippen molar-refractivity contribution in [1.82, 2.24) is 0 Å². The van der Waals surface area contributed by atoms with E-state index in [1.807, 2.05) is 0 Å². The molecule has 1 aliphatic heterocycles. The maximum absolute atomic E-state index is 11.6. The first-order valence-corrected chi connectivity index (χ1v) is 6.72. The summed E-state index contributed by atoms with van der Waals surface area (Å²) in [6.45, 7) is 0. The highest BCUT2D eigenvalue weighted by Crippen LogP contribution is 2.25. The van der Waals surface area contributed by atoms with Crippen LogP contribution in [0.3, 0.4) is 0 Å². The Balaban J connectivity index is 1.89. The van der Waals surface area contributed by atoms with Crippen molar-refractivity contribution in [2.24, 2.45) is 0 Å². The Labute approximate surface area is 113 Å². The summed E-state index contributed by atoms with van der Waals surface area (Å²) in [5, 5.41) is 13.8. The van der Waals surface area contributed by atoms with Crippen molar-refractivity contribution in [3.63, 3.8) is 0 Å². The van der Waals surface area contributed by atoms with Crippen LogP contribution < -0.4 is 10.6 Å². The van der Waals surface area contributed by atoms with Gasteiger partial charge in [0, 0.05) is 11.4 Å². The summed E-state index contributed by atoms with van der Waals surface area (Å²) < 4.78 is 0. The lowest BCUT2D eigenvalue weighted by Gasteiger charge is -2.06. The number of anilines is 2. The highest BCUT2D eigenvalue weighted by Gasteiger charge is 2.17. The molecule has 2 rings (SSSR count). The van der Waals surface area contributed by atoms with Crippen molar-refractivity contribution >= 4 is 40.9 Å². The molecule has 3 N–H and O–H groups in total. The second-order valence-corrected chi connectivity index (χ2v) is 5.02. The van der Waals surface area contributed by atoms with Crippen molar-refractivity contribution in [2.45, 2.75) is 6.42 Å². The SMILES string of the molecule is O=C(O)CSCC(=O)Nc1ccc2c(c1)CC(=O)N2. The Morgan fingerprint density at radius 2 is 2.16 bits per heavy atom. The average Bonchev–Trinajstić information content (AvgIpc) is 2.67. The fourth-order valence-electron chi connectivity index (χ4n) is 1.74. The van der Waals surface area contributed by atoms with E-state index in [-0.39, 0.29) is 23.3 Å². The van der Waals surface area contributed by atoms with E-state index >= 15 is 0 Å². The number of thioether (sulfide) groups is 1. The molecule has 2 amide bonds. The predicted octanol–water partition coefficient (Wildman–Crippen LogP) is 0.937. The molecule has 0 unspecified atom stereocenters. The van der Waals surface area contributed by atoms with Gasteiger partial charge in [-0.15, -0.1) is 11.8 Å². The number of carboxylic acid groups (broad SMARTS) is 1. The third-order valence-electron chi connectivity index (χ3n) is 2.47. The number of carbonyl (C=O) groups excluding carboxylic acids is 2. The zero-order valence-corrected chi connectivity index (χ0v) is 10.8. The van der Waals surface area contributed by atoms with Crippen molar-refractivity contribution in [2.75, 3.05) is 22.1 Å². The summed E-state index contributed by atoms with van der Waals surface area (Å²) >= 11 is 1.04. The molecular formula is C12H12N2O4S. The number of hydrogen-bond acceptors (Lipinski definition) is 4. The molecule has 7 heteroatoms. The standard InChI is InChI=1S/C12H12N2O4S/c15-10-4-7-3-8(1-2-9(7)14-10)13-11(16)5-19-6-12(17)18/h1-3H,4-6H2,(H,13,16)(H,14,15)(H,17,18). The van der Waals surface area contributed by atoms with E-state index in [9.17, 15) is 14.4 Å². The fraction of sp³-hybridized carbons (Fsp3) is 0.250. The van der Waals surface area contributed by atoms with E-state index in [2.05, 4.69) is 10.6 Å². The minimum Gasteiger partial charge on any atom is -0.481 e. The zero-order chi connectivity index (χ0) is 13.8. The Morgan fingerprint density at radius 3 is 2.89 bits per heavy atom. The minimum absolute atomic E-state index is 0.0597. The van der Waals surface area contributed by atoms with Crippen LogP contribution in [-0.2, 0) is 20.8 Å². The van der Waals surface area contributed by atoms with Gasteiger partial charge in [-0.3, -0.25) is 14.4 Å². The summed E-state index contributed by atoms with van der Waals surface area (Å²) in [6.07, 6.45) is 0.312. The molecule has 0 bridgehead atoms. The van der Waals surface area contributed by atoms with Crippen LogP contribution in [0.25, 0.3) is 0 Å². The average molecular weight is 280 g/mol. The topological polar surface area (TPSA) is 95.5 Å². The molecule has 0 spiro atoms. The lowest BCUT2D eigenvalue weighted by Crippen LogP contribution is -2.15. The maximum atomic E-state index is 11.6. The lowest BCUT2D eigenvalue weighted by molar-refractivity contribution is -0.133. The fourth-order valence-corrected chi connectivity index (χ4v) is 2.27. The highest BCUT2D eigenvalue weighted by molar-refractivity contribution is 8.00. The second kappa shape index (κ2) is 5.75. The highest BCUT2D eigenvalue weighted by atomic mass is 32.2. The molecule has 1 aromatic rings. The number of aliphatic carboxylic acids is 1. The monoisotopic (exact) mass is 280 g/mol. The third-order valence-corrected chi connectivity index (χ3v) is 3.39. The smallest absolute Gasteiger partial charge is 0.313 e. The Kier molecular flexibility index (Phi) is 4.06. The summed E-state index contributed by atoms with van der Waals surface area (Å²) in [5.74, 6) is -1.28. The van der Waals surface area contributed by atoms with Gasteiger partial charge in [0.15, 0.2) is 0 Å². The molecule has 1 heterocycles. The van der Waals surface area contributed by atoms with Gasteiger partial charge >= 0.3 is 5.97 Å². The van der Waals surface area contributed by atoms with Crippen LogP contribution in [0.4, 0.5) is 11.4 Å². The van der Waals surface area contributed by atoms with E-state index in [1.165, 1.54) is 0 Å². The van der Waals surface area contributed by atoms with Gasteiger partial charge in [0.05, 0.1) is 17.9 Å². The number of amides is 2. The van der Waals surface area contributed by atoms with Gasteiger partial charge in [-0.25, -0.2) is 0 Å². The number of nitrogens with one attached hydrogen (secondary N) is 2. The molecule has 100 valence electrons. The Morgan fingerprint density at radius 1 is 1.37 bits per heavy atom. The zero-order valence-electron chi connectivity index (χ0n) is 9.93. The van der Waals surface area contributed by atoms with Crippen LogP contribution in [0.1, 0.15) is 5.56 Å². The first-order valence-electron chi connectivity index (χ1n) is 5.57. The first-order chi connectivity index (χ1) is 9.04. The van der Waals surface area contributed by atoms with Crippen LogP contribution >= 0.6 is 11.8 Å². The van der Waals surface area contributed by atoms with Crippen LogP contribution in [0, 0.1) is 0 Å². The van der Waals surface area contributed by atoms with Gasteiger partial charge in [-0.2, -0.15) is 0 Å². The van der Waals surface area contributed by atoms with E-state index in [1.54, 1.807) is 18.2 Å².